The molecule has 40 heavy (non-hydrogen) atoms. The van der Waals surface area contributed by atoms with Gasteiger partial charge < -0.3 is 14.8 Å². The summed E-state index contributed by atoms with van der Waals surface area (Å²) in [5.41, 5.74) is 3.43. The molecular weight excluding hydrogens is 494 g/mol. The first-order valence-electron chi connectivity index (χ1n) is 15.6. The van der Waals surface area contributed by atoms with Gasteiger partial charge in [-0.2, -0.15) is 0 Å². The minimum Gasteiger partial charge on any atom is -0.361 e. The lowest BCUT2D eigenvalue weighted by Crippen LogP contribution is -2.44. The molecule has 1 N–H and O–H groups in total. The fourth-order valence-electron chi connectivity index (χ4n) is 5.39. The number of amides is 2. The van der Waals surface area contributed by atoms with Gasteiger partial charge in [0.05, 0.1) is 6.54 Å². The van der Waals surface area contributed by atoms with E-state index in [4.69, 9.17) is 0 Å². The van der Waals surface area contributed by atoms with Crippen molar-refractivity contribution in [1.82, 2.24) is 14.8 Å². The SMILES string of the molecule is CCCCCCCCCCCC(=O)N(CC(=O)N(CCc1c[nH]c2ccccc12)Cc1ccccc1)CC(C)C. The van der Waals surface area contributed by atoms with Crippen LogP contribution in [0.5, 0.6) is 0 Å². The average Bonchev–Trinajstić information content (AvgIpc) is 3.37. The van der Waals surface area contributed by atoms with Gasteiger partial charge in [-0.1, -0.05) is 121 Å². The first kappa shape index (κ1) is 31.4. The number of H-pyrrole nitrogens is 1. The number of rotatable bonds is 19. The first-order chi connectivity index (χ1) is 19.5. The van der Waals surface area contributed by atoms with Crippen molar-refractivity contribution in [2.45, 2.75) is 97.9 Å². The van der Waals surface area contributed by atoms with Crippen LogP contribution in [0.25, 0.3) is 10.9 Å². The zero-order chi connectivity index (χ0) is 28.6. The average molecular weight is 546 g/mol. The highest BCUT2D eigenvalue weighted by Crippen LogP contribution is 2.19. The number of fused-ring (bicyclic) bond motifs is 1. The Kier molecular flexibility index (Phi) is 13.8. The number of hydrogen-bond acceptors (Lipinski definition) is 2. The zero-order valence-corrected chi connectivity index (χ0v) is 25.2. The molecule has 0 spiro atoms. The number of nitrogens with one attached hydrogen (secondary N) is 1. The van der Waals surface area contributed by atoms with E-state index in [2.05, 4.69) is 62.3 Å². The molecule has 5 heteroatoms. The molecule has 2 aromatic carbocycles. The van der Waals surface area contributed by atoms with Gasteiger partial charge in [-0.05, 0) is 36.0 Å². The second-order valence-corrected chi connectivity index (χ2v) is 11.7. The highest BCUT2D eigenvalue weighted by molar-refractivity contribution is 5.85. The number of carbonyl (C=O) groups is 2. The molecule has 0 aliphatic heterocycles. The highest BCUT2D eigenvalue weighted by atomic mass is 16.2. The molecular formula is C35H51N3O2. The molecule has 3 rings (SSSR count). The van der Waals surface area contributed by atoms with Crippen LogP contribution in [0.1, 0.15) is 96.1 Å². The second-order valence-electron chi connectivity index (χ2n) is 11.7. The Morgan fingerprint density at radius 2 is 1.43 bits per heavy atom. The lowest BCUT2D eigenvalue weighted by Gasteiger charge is -2.29. The van der Waals surface area contributed by atoms with Crippen molar-refractivity contribution in [3.05, 3.63) is 71.9 Å². The van der Waals surface area contributed by atoms with Crippen molar-refractivity contribution in [2.24, 2.45) is 5.92 Å². The molecule has 0 radical (unpaired) electrons. The Morgan fingerprint density at radius 1 is 0.775 bits per heavy atom. The van der Waals surface area contributed by atoms with Crippen LogP contribution in [0.4, 0.5) is 0 Å². The van der Waals surface area contributed by atoms with Gasteiger partial charge in [0, 0.05) is 43.2 Å². The zero-order valence-electron chi connectivity index (χ0n) is 25.2. The van der Waals surface area contributed by atoms with E-state index < -0.39 is 0 Å². The van der Waals surface area contributed by atoms with Gasteiger partial charge in [0.1, 0.15) is 0 Å². The van der Waals surface area contributed by atoms with E-state index in [1.165, 1.54) is 55.9 Å². The monoisotopic (exact) mass is 545 g/mol. The lowest BCUT2D eigenvalue weighted by atomic mass is 10.1. The third-order valence-electron chi connectivity index (χ3n) is 7.65. The highest BCUT2D eigenvalue weighted by Gasteiger charge is 2.22. The fourth-order valence-corrected chi connectivity index (χ4v) is 5.39. The van der Waals surface area contributed by atoms with Crippen molar-refractivity contribution < 1.29 is 9.59 Å². The van der Waals surface area contributed by atoms with Crippen LogP contribution in [0, 0.1) is 5.92 Å². The largest absolute Gasteiger partial charge is 0.361 e. The third-order valence-corrected chi connectivity index (χ3v) is 7.65. The Balaban J connectivity index is 1.57. The fraction of sp³-hybridized carbons (Fsp3) is 0.543. The maximum absolute atomic E-state index is 13.7. The molecule has 0 aliphatic rings. The molecule has 0 saturated carbocycles. The van der Waals surface area contributed by atoms with Crippen molar-refractivity contribution in [2.75, 3.05) is 19.6 Å². The predicted molar refractivity (Wildman–Crippen MR) is 167 cm³/mol. The van der Waals surface area contributed by atoms with Crippen molar-refractivity contribution in [1.29, 1.82) is 0 Å². The third kappa shape index (κ3) is 10.8. The molecule has 0 atom stereocenters. The van der Waals surface area contributed by atoms with Crippen molar-refractivity contribution in [3.63, 3.8) is 0 Å². The Labute approximate surface area is 242 Å². The van der Waals surface area contributed by atoms with Crippen LogP contribution in [-0.4, -0.2) is 46.2 Å². The number of aromatic amines is 1. The van der Waals surface area contributed by atoms with Crippen LogP contribution >= 0.6 is 0 Å². The molecule has 0 fully saturated rings. The van der Waals surface area contributed by atoms with Gasteiger partial charge in [-0.15, -0.1) is 0 Å². The molecule has 0 bridgehead atoms. The van der Waals surface area contributed by atoms with Gasteiger partial charge in [0.25, 0.3) is 0 Å². The standard InChI is InChI=1S/C35H51N3O2/c1-4-5-6-7-8-9-10-11-15-22-34(39)38(26-29(2)3)28-35(40)37(27-30-18-13-12-14-19-30)24-23-31-25-36-33-21-17-16-20-32(31)33/h12-14,16-21,25,29,36H,4-11,15,22-24,26-28H2,1-3H3. The van der Waals surface area contributed by atoms with Gasteiger partial charge >= 0.3 is 0 Å². The molecule has 5 nitrogen and oxygen atoms in total. The van der Waals surface area contributed by atoms with E-state index in [1.807, 2.05) is 29.2 Å². The molecule has 3 aromatic rings. The summed E-state index contributed by atoms with van der Waals surface area (Å²) in [6.07, 6.45) is 14.4. The summed E-state index contributed by atoms with van der Waals surface area (Å²) in [6.45, 7) is 8.39. The molecule has 0 unspecified atom stereocenters. The van der Waals surface area contributed by atoms with Crippen LogP contribution in [0.15, 0.2) is 60.8 Å². The summed E-state index contributed by atoms with van der Waals surface area (Å²) in [5.74, 6) is 0.444. The summed E-state index contributed by atoms with van der Waals surface area (Å²) < 4.78 is 0. The number of hydrogen-bond donors (Lipinski definition) is 1. The Hall–Kier alpha value is -3.08. The lowest BCUT2D eigenvalue weighted by molar-refractivity contribution is -0.141. The normalized spacial score (nSPS) is 11.3. The van der Waals surface area contributed by atoms with Crippen LogP contribution in [0.2, 0.25) is 0 Å². The number of para-hydroxylation sites is 1. The minimum atomic E-state index is 0.0183. The number of nitrogens with zero attached hydrogens (tertiary/aromatic N) is 2. The summed E-state index contributed by atoms with van der Waals surface area (Å²) >= 11 is 0. The summed E-state index contributed by atoms with van der Waals surface area (Å²) in [6, 6.07) is 18.4. The molecule has 2 amide bonds. The number of unbranched alkanes of at least 4 members (excludes halogenated alkanes) is 8. The van der Waals surface area contributed by atoms with Crippen molar-refractivity contribution in [3.8, 4) is 0 Å². The molecule has 0 aliphatic carbocycles. The van der Waals surface area contributed by atoms with Crippen LogP contribution in [-0.2, 0) is 22.6 Å². The van der Waals surface area contributed by atoms with E-state index in [9.17, 15) is 9.59 Å². The van der Waals surface area contributed by atoms with E-state index in [1.54, 1.807) is 4.90 Å². The smallest absolute Gasteiger partial charge is 0.242 e. The van der Waals surface area contributed by atoms with Crippen LogP contribution in [0.3, 0.4) is 0 Å². The van der Waals surface area contributed by atoms with E-state index in [0.717, 1.165) is 30.3 Å². The predicted octanol–water partition coefficient (Wildman–Crippen LogP) is 8.14. The maximum Gasteiger partial charge on any atom is 0.242 e. The van der Waals surface area contributed by atoms with Gasteiger partial charge in [0.15, 0.2) is 0 Å². The van der Waals surface area contributed by atoms with E-state index in [0.29, 0.717) is 32.0 Å². The molecule has 0 saturated heterocycles. The molecule has 218 valence electrons. The maximum atomic E-state index is 13.7. The minimum absolute atomic E-state index is 0.0183. The van der Waals surface area contributed by atoms with E-state index in [-0.39, 0.29) is 18.4 Å². The number of carbonyl (C=O) groups excluding carboxylic acids is 2. The van der Waals surface area contributed by atoms with E-state index >= 15 is 0 Å². The summed E-state index contributed by atoms with van der Waals surface area (Å²) in [4.78, 5) is 34.0. The first-order valence-corrected chi connectivity index (χ1v) is 15.6. The van der Waals surface area contributed by atoms with Crippen LogP contribution < -0.4 is 0 Å². The molecule has 1 heterocycles. The summed E-state index contributed by atoms with van der Waals surface area (Å²) in [5, 5.41) is 1.20. The quantitative estimate of drug-likeness (QED) is 0.155. The second kappa shape index (κ2) is 17.6. The Bertz CT molecular complexity index is 1140. The number of benzene rings is 2. The topological polar surface area (TPSA) is 56.4 Å². The Morgan fingerprint density at radius 3 is 2.12 bits per heavy atom. The van der Waals surface area contributed by atoms with Gasteiger partial charge in [0.2, 0.25) is 11.8 Å². The molecule has 1 aromatic heterocycles. The van der Waals surface area contributed by atoms with Gasteiger partial charge in [-0.25, -0.2) is 0 Å². The van der Waals surface area contributed by atoms with Gasteiger partial charge in [-0.3, -0.25) is 9.59 Å². The summed E-state index contributed by atoms with van der Waals surface area (Å²) in [7, 11) is 0. The number of aromatic nitrogens is 1. The van der Waals surface area contributed by atoms with Crippen molar-refractivity contribution >= 4 is 22.7 Å².